The molecule has 84 valence electrons. The zero-order valence-electron chi connectivity index (χ0n) is 8.93. The van der Waals surface area contributed by atoms with Crippen LogP contribution in [-0.4, -0.2) is 19.0 Å². The van der Waals surface area contributed by atoms with Crippen LogP contribution < -0.4 is 4.74 Å². The Balaban J connectivity index is 2.30. The average molecular weight is 220 g/mol. The van der Waals surface area contributed by atoms with Crippen LogP contribution in [0.2, 0.25) is 0 Å². The highest BCUT2D eigenvalue weighted by Crippen LogP contribution is 2.33. The molecule has 0 spiro atoms. The summed E-state index contributed by atoms with van der Waals surface area (Å²) in [6, 6.07) is 7.28. The van der Waals surface area contributed by atoms with E-state index in [0.29, 0.717) is 12.2 Å². The molecule has 0 radical (unpaired) electrons. The van der Waals surface area contributed by atoms with E-state index in [1.54, 1.807) is 13.2 Å². The standard InChI is InChI=1S/C12H12O4/c1-15-10-5-3-2-4-8(10)9-6-7-11(13)16-12(9)14/h2-5,9H,6-7H2,1H3. The van der Waals surface area contributed by atoms with Crippen LogP contribution in [0.5, 0.6) is 5.75 Å². The first kappa shape index (κ1) is 10.7. The van der Waals surface area contributed by atoms with Crippen molar-refractivity contribution in [2.24, 2.45) is 0 Å². The number of hydrogen-bond acceptors (Lipinski definition) is 4. The molecule has 4 nitrogen and oxygen atoms in total. The van der Waals surface area contributed by atoms with Gasteiger partial charge in [-0.15, -0.1) is 0 Å². The molecule has 0 aliphatic carbocycles. The van der Waals surface area contributed by atoms with Crippen molar-refractivity contribution in [2.45, 2.75) is 18.8 Å². The molecule has 0 aromatic heterocycles. The van der Waals surface area contributed by atoms with Crippen LogP contribution in [-0.2, 0) is 14.3 Å². The van der Waals surface area contributed by atoms with Crippen molar-refractivity contribution in [1.82, 2.24) is 0 Å². The van der Waals surface area contributed by atoms with Crippen molar-refractivity contribution >= 4 is 11.9 Å². The number of esters is 2. The molecule has 1 aliphatic rings. The predicted molar refractivity (Wildman–Crippen MR) is 56.1 cm³/mol. The van der Waals surface area contributed by atoms with Gasteiger partial charge in [-0.25, -0.2) is 0 Å². The lowest BCUT2D eigenvalue weighted by Crippen LogP contribution is -2.26. The van der Waals surface area contributed by atoms with Crippen molar-refractivity contribution < 1.29 is 19.1 Å². The summed E-state index contributed by atoms with van der Waals surface area (Å²) in [6.07, 6.45) is 0.756. The van der Waals surface area contributed by atoms with Gasteiger partial charge >= 0.3 is 11.9 Å². The molecular weight excluding hydrogens is 208 g/mol. The minimum atomic E-state index is -0.485. The summed E-state index contributed by atoms with van der Waals surface area (Å²) in [5.41, 5.74) is 0.780. The van der Waals surface area contributed by atoms with Crippen molar-refractivity contribution in [3.05, 3.63) is 29.8 Å². The molecule has 0 amide bonds. The second-order valence-electron chi connectivity index (χ2n) is 3.63. The summed E-state index contributed by atoms with van der Waals surface area (Å²) in [5, 5.41) is 0. The molecule has 1 fully saturated rings. The van der Waals surface area contributed by atoms with E-state index < -0.39 is 17.9 Å². The Morgan fingerprint density at radius 1 is 1.31 bits per heavy atom. The van der Waals surface area contributed by atoms with Crippen LogP contribution in [0.1, 0.15) is 24.3 Å². The van der Waals surface area contributed by atoms with Gasteiger partial charge in [0.15, 0.2) is 0 Å². The fraction of sp³-hybridized carbons (Fsp3) is 0.333. The lowest BCUT2D eigenvalue weighted by molar-refractivity contribution is -0.164. The van der Waals surface area contributed by atoms with Gasteiger partial charge in [-0.3, -0.25) is 9.59 Å². The molecule has 0 bridgehead atoms. The zero-order chi connectivity index (χ0) is 11.5. The number of carbonyl (C=O) groups excluding carboxylic acids is 2. The number of carbonyl (C=O) groups is 2. The predicted octanol–water partition coefficient (Wildman–Crippen LogP) is 1.64. The fourth-order valence-corrected chi connectivity index (χ4v) is 1.85. The topological polar surface area (TPSA) is 52.6 Å². The normalized spacial score (nSPS) is 20.4. The van der Waals surface area contributed by atoms with Gasteiger partial charge in [0, 0.05) is 12.0 Å². The van der Waals surface area contributed by atoms with E-state index in [1.165, 1.54) is 0 Å². The first-order valence-electron chi connectivity index (χ1n) is 5.10. The van der Waals surface area contributed by atoms with E-state index in [9.17, 15) is 9.59 Å². The fourth-order valence-electron chi connectivity index (χ4n) is 1.85. The molecule has 2 rings (SSSR count). The SMILES string of the molecule is COc1ccccc1C1CCC(=O)OC1=O. The number of ether oxygens (including phenoxy) is 2. The van der Waals surface area contributed by atoms with E-state index in [2.05, 4.69) is 4.74 Å². The van der Waals surface area contributed by atoms with E-state index in [1.807, 2.05) is 18.2 Å². The van der Waals surface area contributed by atoms with E-state index in [4.69, 9.17) is 4.74 Å². The molecule has 4 heteroatoms. The van der Waals surface area contributed by atoms with Gasteiger partial charge in [0.25, 0.3) is 0 Å². The zero-order valence-corrected chi connectivity index (χ0v) is 8.93. The quantitative estimate of drug-likeness (QED) is 0.561. The number of cyclic esters (lactones) is 2. The van der Waals surface area contributed by atoms with Crippen LogP contribution >= 0.6 is 0 Å². The largest absolute Gasteiger partial charge is 0.496 e. The maximum atomic E-state index is 11.6. The number of rotatable bonds is 2. The number of methoxy groups -OCH3 is 1. The summed E-state index contributed by atoms with van der Waals surface area (Å²) in [7, 11) is 1.55. The Morgan fingerprint density at radius 2 is 2.06 bits per heavy atom. The molecule has 1 aromatic carbocycles. The minimum absolute atomic E-state index is 0.272. The first-order valence-corrected chi connectivity index (χ1v) is 5.10. The first-order chi connectivity index (χ1) is 7.72. The Kier molecular flexibility index (Phi) is 2.90. The maximum absolute atomic E-state index is 11.6. The van der Waals surface area contributed by atoms with Crippen molar-refractivity contribution in [3.63, 3.8) is 0 Å². The van der Waals surface area contributed by atoms with Gasteiger partial charge in [0.05, 0.1) is 13.0 Å². The number of hydrogen-bond donors (Lipinski definition) is 0. The maximum Gasteiger partial charge on any atom is 0.321 e. The third kappa shape index (κ3) is 1.91. The third-order valence-corrected chi connectivity index (χ3v) is 2.65. The second kappa shape index (κ2) is 4.35. The molecule has 0 N–H and O–H groups in total. The lowest BCUT2D eigenvalue weighted by Gasteiger charge is -2.21. The van der Waals surface area contributed by atoms with Gasteiger partial charge in [0.1, 0.15) is 5.75 Å². The van der Waals surface area contributed by atoms with Crippen LogP contribution in [0.25, 0.3) is 0 Å². The highest BCUT2D eigenvalue weighted by Gasteiger charge is 2.31. The molecular formula is C12H12O4. The van der Waals surface area contributed by atoms with Gasteiger partial charge in [-0.2, -0.15) is 0 Å². The molecule has 0 saturated carbocycles. The van der Waals surface area contributed by atoms with E-state index in [0.717, 1.165) is 5.56 Å². The van der Waals surface area contributed by atoms with Gasteiger partial charge in [0.2, 0.25) is 0 Å². The Labute approximate surface area is 93.2 Å². The van der Waals surface area contributed by atoms with Crippen LogP contribution in [0.4, 0.5) is 0 Å². The van der Waals surface area contributed by atoms with E-state index in [-0.39, 0.29) is 6.42 Å². The number of benzene rings is 1. The lowest BCUT2D eigenvalue weighted by atomic mass is 9.92. The van der Waals surface area contributed by atoms with Crippen molar-refractivity contribution in [3.8, 4) is 5.75 Å². The molecule has 1 aromatic rings. The molecule has 1 aliphatic heterocycles. The summed E-state index contributed by atoms with van der Waals surface area (Å²) >= 11 is 0. The van der Waals surface area contributed by atoms with Crippen LogP contribution in [0.15, 0.2) is 24.3 Å². The van der Waals surface area contributed by atoms with Gasteiger partial charge in [-0.05, 0) is 12.5 Å². The summed E-state index contributed by atoms with van der Waals surface area (Å²) in [5.74, 6) is -0.676. The Bertz CT molecular complexity index is 425. The van der Waals surface area contributed by atoms with E-state index >= 15 is 0 Å². The Hall–Kier alpha value is -1.84. The highest BCUT2D eigenvalue weighted by molar-refractivity contribution is 5.92. The molecule has 1 unspecified atom stereocenters. The smallest absolute Gasteiger partial charge is 0.321 e. The van der Waals surface area contributed by atoms with Crippen LogP contribution in [0.3, 0.4) is 0 Å². The van der Waals surface area contributed by atoms with Crippen LogP contribution in [0, 0.1) is 0 Å². The molecule has 1 saturated heterocycles. The number of para-hydroxylation sites is 1. The second-order valence-corrected chi connectivity index (χ2v) is 3.63. The van der Waals surface area contributed by atoms with Crippen molar-refractivity contribution in [2.75, 3.05) is 7.11 Å². The van der Waals surface area contributed by atoms with Gasteiger partial charge in [-0.1, -0.05) is 18.2 Å². The molecule has 1 heterocycles. The summed E-state index contributed by atoms with van der Waals surface area (Å²) in [6.45, 7) is 0. The molecule has 1 atom stereocenters. The average Bonchev–Trinajstić information content (AvgIpc) is 2.29. The highest BCUT2D eigenvalue weighted by atomic mass is 16.6. The minimum Gasteiger partial charge on any atom is -0.496 e. The summed E-state index contributed by atoms with van der Waals surface area (Å²) in [4.78, 5) is 22.5. The Morgan fingerprint density at radius 3 is 2.75 bits per heavy atom. The molecule has 16 heavy (non-hydrogen) atoms. The van der Waals surface area contributed by atoms with Gasteiger partial charge < -0.3 is 9.47 Å². The summed E-state index contributed by atoms with van der Waals surface area (Å²) < 4.78 is 9.80. The van der Waals surface area contributed by atoms with Crippen molar-refractivity contribution in [1.29, 1.82) is 0 Å². The monoisotopic (exact) mass is 220 g/mol. The third-order valence-electron chi connectivity index (χ3n) is 2.65.